The molecule has 0 aliphatic rings. The van der Waals surface area contributed by atoms with Gasteiger partial charge in [-0.25, -0.2) is 4.98 Å². The molecule has 1 aromatic carbocycles. The number of rotatable bonds is 6. The first-order chi connectivity index (χ1) is 8.79. The first-order valence-corrected chi connectivity index (χ1v) is 7.38. The summed E-state index contributed by atoms with van der Waals surface area (Å²) in [6, 6.07) is 8.86. The Labute approximate surface area is 113 Å². The van der Waals surface area contributed by atoms with Gasteiger partial charge in [-0.15, -0.1) is 11.3 Å². The maximum Gasteiger partial charge on any atom is 0.0794 e. The van der Waals surface area contributed by atoms with Crippen LogP contribution in [-0.4, -0.2) is 18.1 Å². The number of aryl methyl sites for hydroxylation is 1. The summed E-state index contributed by atoms with van der Waals surface area (Å²) in [5, 5.41) is 5.60. The molecule has 0 aliphatic heterocycles. The van der Waals surface area contributed by atoms with Crippen LogP contribution >= 0.6 is 11.3 Å². The minimum Gasteiger partial charge on any atom is -0.316 e. The van der Waals surface area contributed by atoms with Crippen LogP contribution in [0, 0.1) is 6.92 Å². The van der Waals surface area contributed by atoms with Crippen molar-refractivity contribution in [3.63, 3.8) is 0 Å². The van der Waals surface area contributed by atoms with Gasteiger partial charge in [-0.3, -0.25) is 0 Å². The number of nitrogens with zero attached hydrogens (tertiary/aromatic N) is 1. The fourth-order valence-corrected chi connectivity index (χ4v) is 2.63. The SMILES string of the molecule is CCNCC(Cc1cscn1)c1ccc(C)cc1. The predicted octanol–water partition coefficient (Wildman–Crippen LogP) is 3.39. The lowest BCUT2D eigenvalue weighted by molar-refractivity contribution is 0.590. The quantitative estimate of drug-likeness (QED) is 0.861. The molecule has 0 aliphatic carbocycles. The van der Waals surface area contributed by atoms with E-state index in [1.807, 2.05) is 5.51 Å². The van der Waals surface area contributed by atoms with Gasteiger partial charge in [0, 0.05) is 17.8 Å². The zero-order chi connectivity index (χ0) is 12.8. The van der Waals surface area contributed by atoms with Crippen LogP contribution in [0.2, 0.25) is 0 Å². The molecule has 18 heavy (non-hydrogen) atoms. The third-order valence-corrected chi connectivity index (χ3v) is 3.76. The molecule has 0 saturated carbocycles. The Kier molecular flexibility index (Phi) is 4.90. The van der Waals surface area contributed by atoms with Crippen molar-refractivity contribution in [3.8, 4) is 0 Å². The average Bonchev–Trinajstić information content (AvgIpc) is 2.88. The van der Waals surface area contributed by atoms with E-state index in [4.69, 9.17) is 0 Å². The fourth-order valence-electron chi connectivity index (χ4n) is 2.06. The summed E-state index contributed by atoms with van der Waals surface area (Å²) in [5.41, 5.74) is 5.82. The third kappa shape index (κ3) is 3.65. The van der Waals surface area contributed by atoms with Crippen molar-refractivity contribution in [2.45, 2.75) is 26.2 Å². The van der Waals surface area contributed by atoms with Crippen LogP contribution in [0.1, 0.15) is 29.7 Å². The van der Waals surface area contributed by atoms with E-state index in [0.29, 0.717) is 5.92 Å². The van der Waals surface area contributed by atoms with E-state index < -0.39 is 0 Å². The Morgan fingerprint density at radius 2 is 2.06 bits per heavy atom. The molecule has 0 bridgehead atoms. The molecular formula is C15H20N2S. The van der Waals surface area contributed by atoms with Gasteiger partial charge in [-0.05, 0) is 25.5 Å². The summed E-state index contributed by atoms with van der Waals surface area (Å²) in [7, 11) is 0. The second-order valence-corrected chi connectivity index (χ2v) is 5.32. The van der Waals surface area contributed by atoms with Gasteiger partial charge in [0.2, 0.25) is 0 Å². The second-order valence-electron chi connectivity index (χ2n) is 4.60. The van der Waals surface area contributed by atoms with E-state index in [2.05, 4.69) is 53.8 Å². The first-order valence-electron chi connectivity index (χ1n) is 6.44. The Morgan fingerprint density at radius 1 is 1.28 bits per heavy atom. The van der Waals surface area contributed by atoms with Gasteiger partial charge in [0.25, 0.3) is 0 Å². The molecule has 3 heteroatoms. The average molecular weight is 260 g/mol. The van der Waals surface area contributed by atoms with E-state index >= 15 is 0 Å². The van der Waals surface area contributed by atoms with Crippen molar-refractivity contribution in [2.75, 3.05) is 13.1 Å². The highest BCUT2D eigenvalue weighted by Gasteiger charge is 2.12. The van der Waals surface area contributed by atoms with E-state index in [0.717, 1.165) is 19.5 Å². The van der Waals surface area contributed by atoms with E-state index in [1.54, 1.807) is 11.3 Å². The van der Waals surface area contributed by atoms with Gasteiger partial charge in [0.05, 0.1) is 11.2 Å². The Balaban J connectivity index is 2.11. The van der Waals surface area contributed by atoms with Gasteiger partial charge in [-0.1, -0.05) is 36.8 Å². The summed E-state index contributed by atoms with van der Waals surface area (Å²) in [5.74, 6) is 0.507. The molecule has 2 rings (SSSR count). The van der Waals surface area contributed by atoms with Crippen LogP contribution in [0.3, 0.4) is 0 Å². The van der Waals surface area contributed by atoms with Gasteiger partial charge < -0.3 is 5.32 Å². The number of benzene rings is 1. The molecule has 96 valence electrons. The van der Waals surface area contributed by atoms with Crippen molar-refractivity contribution in [1.29, 1.82) is 0 Å². The van der Waals surface area contributed by atoms with Gasteiger partial charge in [0.15, 0.2) is 0 Å². The first kappa shape index (κ1) is 13.2. The second kappa shape index (κ2) is 6.66. The molecule has 1 N–H and O–H groups in total. The number of nitrogens with one attached hydrogen (secondary N) is 1. The lowest BCUT2D eigenvalue weighted by atomic mass is 9.93. The molecule has 0 fully saturated rings. The third-order valence-electron chi connectivity index (χ3n) is 3.13. The molecule has 0 radical (unpaired) electrons. The van der Waals surface area contributed by atoms with E-state index in [9.17, 15) is 0 Å². The summed E-state index contributed by atoms with van der Waals surface area (Å²) in [4.78, 5) is 4.40. The smallest absolute Gasteiger partial charge is 0.0794 e. The van der Waals surface area contributed by atoms with Crippen molar-refractivity contribution in [1.82, 2.24) is 10.3 Å². The van der Waals surface area contributed by atoms with Crippen molar-refractivity contribution < 1.29 is 0 Å². The zero-order valence-corrected chi connectivity index (χ0v) is 11.8. The van der Waals surface area contributed by atoms with Gasteiger partial charge >= 0.3 is 0 Å². The van der Waals surface area contributed by atoms with Crippen LogP contribution in [0.25, 0.3) is 0 Å². The van der Waals surface area contributed by atoms with E-state index in [-0.39, 0.29) is 0 Å². The number of hydrogen-bond donors (Lipinski definition) is 1. The number of aromatic nitrogens is 1. The molecule has 1 aromatic heterocycles. The molecule has 0 spiro atoms. The van der Waals surface area contributed by atoms with Crippen molar-refractivity contribution >= 4 is 11.3 Å². The summed E-state index contributed by atoms with van der Waals surface area (Å²) in [6.07, 6.45) is 1.01. The summed E-state index contributed by atoms with van der Waals surface area (Å²) in [6.45, 7) is 6.30. The Bertz CT molecular complexity index is 448. The standard InChI is InChI=1S/C15H20N2S/c1-3-16-9-14(8-15-10-18-11-17-15)13-6-4-12(2)5-7-13/h4-7,10-11,14,16H,3,8-9H2,1-2H3. The van der Waals surface area contributed by atoms with Crippen LogP contribution < -0.4 is 5.32 Å². The maximum atomic E-state index is 4.40. The summed E-state index contributed by atoms with van der Waals surface area (Å²) < 4.78 is 0. The van der Waals surface area contributed by atoms with E-state index in [1.165, 1.54) is 16.8 Å². The molecule has 0 saturated heterocycles. The zero-order valence-electron chi connectivity index (χ0n) is 11.0. The van der Waals surface area contributed by atoms with Crippen LogP contribution in [0.4, 0.5) is 0 Å². The minimum atomic E-state index is 0.507. The Morgan fingerprint density at radius 3 is 2.67 bits per heavy atom. The highest BCUT2D eigenvalue weighted by atomic mass is 32.1. The lowest BCUT2D eigenvalue weighted by Gasteiger charge is -2.17. The molecule has 1 unspecified atom stereocenters. The van der Waals surface area contributed by atoms with Crippen molar-refractivity contribution in [2.24, 2.45) is 0 Å². The maximum absolute atomic E-state index is 4.40. The number of thiazole rings is 1. The lowest BCUT2D eigenvalue weighted by Crippen LogP contribution is -2.22. The number of hydrogen-bond acceptors (Lipinski definition) is 3. The molecule has 1 heterocycles. The minimum absolute atomic E-state index is 0.507. The van der Waals surface area contributed by atoms with Crippen LogP contribution in [0.5, 0.6) is 0 Å². The normalized spacial score (nSPS) is 12.6. The molecule has 1 atom stereocenters. The fraction of sp³-hybridized carbons (Fsp3) is 0.400. The van der Waals surface area contributed by atoms with Crippen LogP contribution in [0.15, 0.2) is 35.2 Å². The molecular weight excluding hydrogens is 240 g/mol. The molecule has 2 nitrogen and oxygen atoms in total. The monoisotopic (exact) mass is 260 g/mol. The van der Waals surface area contributed by atoms with Gasteiger partial charge in [-0.2, -0.15) is 0 Å². The predicted molar refractivity (Wildman–Crippen MR) is 78.3 cm³/mol. The topological polar surface area (TPSA) is 24.9 Å². The highest BCUT2D eigenvalue weighted by molar-refractivity contribution is 7.07. The van der Waals surface area contributed by atoms with Crippen LogP contribution in [-0.2, 0) is 6.42 Å². The Hall–Kier alpha value is -1.19. The molecule has 0 amide bonds. The number of likely N-dealkylation sites (N-methyl/N-ethyl adjacent to an activating group) is 1. The van der Waals surface area contributed by atoms with Gasteiger partial charge in [0.1, 0.15) is 0 Å². The van der Waals surface area contributed by atoms with Crippen molar-refractivity contribution in [3.05, 3.63) is 52.0 Å². The summed E-state index contributed by atoms with van der Waals surface area (Å²) >= 11 is 1.67. The molecule has 2 aromatic rings. The highest BCUT2D eigenvalue weighted by Crippen LogP contribution is 2.21. The largest absolute Gasteiger partial charge is 0.316 e.